The predicted octanol–water partition coefficient (Wildman–Crippen LogP) is 3.08. The minimum absolute atomic E-state index is 0.0896. The van der Waals surface area contributed by atoms with Gasteiger partial charge < -0.3 is 18.8 Å². The first-order chi connectivity index (χ1) is 15.5. The number of nitrogens with zero attached hydrogens (tertiary/aromatic N) is 3. The lowest BCUT2D eigenvalue weighted by molar-refractivity contribution is -0.384. The van der Waals surface area contributed by atoms with E-state index in [1.165, 1.54) is 35.6 Å². The number of carbonyl (C=O) groups is 2. The number of fused-ring (bicyclic) bond motifs is 2. The van der Waals surface area contributed by atoms with Crippen molar-refractivity contribution in [3.8, 4) is 11.5 Å². The van der Waals surface area contributed by atoms with Crippen LogP contribution < -0.4 is 14.3 Å². The summed E-state index contributed by atoms with van der Waals surface area (Å²) >= 11 is 1.25. The van der Waals surface area contributed by atoms with E-state index in [2.05, 4.69) is 4.99 Å². The molecule has 4 rings (SSSR count). The third-order valence-corrected chi connectivity index (χ3v) is 5.73. The van der Waals surface area contributed by atoms with Gasteiger partial charge in [0.2, 0.25) is 0 Å². The third kappa shape index (κ3) is 4.47. The van der Waals surface area contributed by atoms with Crippen LogP contribution in [0, 0.1) is 10.1 Å². The Kier molecular flexibility index (Phi) is 6.17. The average molecular weight is 457 g/mol. The number of aromatic nitrogens is 1. The predicted molar refractivity (Wildman–Crippen MR) is 115 cm³/mol. The number of non-ortho nitro benzene ring substituents is 1. The molecule has 1 aromatic heterocycles. The maximum Gasteiger partial charge on any atom is 0.307 e. The normalized spacial score (nSPS) is 13.2. The Morgan fingerprint density at radius 1 is 1.22 bits per heavy atom. The largest absolute Gasteiger partial charge is 0.486 e. The zero-order valence-corrected chi connectivity index (χ0v) is 17.9. The summed E-state index contributed by atoms with van der Waals surface area (Å²) in [5.74, 6) is 0.178. The second kappa shape index (κ2) is 9.18. The topological polar surface area (TPSA) is 122 Å². The molecular weight excluding hydrogens is 438 g/mol. The highest BCUT2D eigenvalue weighted by molar-refractivity contribution is 7.16. The highest BCUT2D eigenvalue weighted by Crippen LogP contribution is 2.35. The molecule has 32 heavy (non-hydrogen) atoms. The molecule has 1 aliphatic heterocycles. The molecule has 0 fully saturated rings. The van der Waals surface area contributed by atoms with Gasteiger partial charge in [-0.15, -0.1) is 0 Å². The van der Waals surface area contributed by atoms with E-state index in [1.54, 1.807) is 17.6 Å². The minimum Gasteiger partial charge on any atom is -0.486 e. The number of ether oxygens (including phenoxy) is 3. The van der Waals surface area contributed by atoms with Crippen molar-refractivity contribution in [2.45, 2.75) is 19.9 Å². The Labute approximate surface area is 185 Å². The first-order valence-electron chi connectivity index (χ1n) is 9.88. The van der Waals surface area contributed by atoms with Gasteiger partial charge in [0.1, 0.15) is 13.2 Å². The zero-order valence-electron chi connectivity index (χ0n) is 17.1. The summed E-state index contributed by atoms with van der Waals surface area (Å²) < 4.78 is 18.8. The van der Waals surface area contributed by atoms with E-state index in [0.29, 0.717) is 29.5 Å². The van der Waals surface area contributed by atoms with Gasteiger partial charge in [0.25, 0.3) is 11.6 Å². The van der Waals surface area contributed by atoms with E-state index in [9.17, 15) is 19.7 Å². The van der Waals surface area contributed by atoms with Crippen LogP contribution in [0.5, 0.6) is 11.5 Å². The fraction of sp³-hybridized carbons (Fsp3) is 0.286. The Morgan fingerprint density at radius 3 is 2.69 bits per heavy atom. The number of hydrogen-bond donors (Lipinski definition) is 0. The van der Waals surface area contributed by atoms with E-state index < -0.39 is 10.8 Å². The van der Waals surface area contributed by atoms with Crippen LogP contribution in [0.25, 0.3) is 10.2 Å². The molecule has 0 radical (unpaired) electrons. The van der Waals surface area contributed by atoms with Crippen LogP contribution in [0.1, 0.15) is 23.7 Å². The van der Waals surface area contributed by atoms with Crippen LogP contribution in [0.15, 0.2) is 41.4 Å². The summed E-state index contributed by atoms with van der Waals surface area (Å²) in [5.41, 5.74) is 0.633. The van der Waals surface area contributed by atoms with Gasteiger partial charge >= 0.3 is 5.97 Å². The molecule has 2 aromatic carbocycles. The van der Waals surface area contributed by atoms with E-state index in [1.807, 2.05) is 6.07 Å². The second-order valence-electron chi connectivity index (χ2n) is 6.78. The van der Waals surface area contributed by atoms with Crippen molar-refractivity contribution >= 4 is 39.1 Å². The van der Waals surface area contributed by atoms with Gasteiger partial charge in [-0.05, 0) is 13.0 Å². The Morgan fingerprint density at radius 2 is 1.97 bits per heavy atom. The number of amides is 1. The Balaban J connectivity index is 1.78. The van der Waals surface area contributed by atoms with Gasteiger partial charge in [-0.2, -0.15) is 4.99 Å². The van der Waals surface area contributed by atoms with Crippen LogP contribution in [-0.2, 0) is 16.1 Å². The van der Waals surface area contributed by atoms with E-state index >= 15 is 0 Å². The zero-order chi connectivity index (χ0) is 22.7. The number of benzene rings is 2. The SMILES string of the molecule is CCOC(=O)CCn1c(=NC(=O)c2cccc([N+](=O)[O-])c2)sc2cc3c(cc21)OCCO3. The van der Waals surface area contributed by atoms with Crippen LogP contribution in [0.4, 0.5) is 5.69 Å². The number of nitro benzene ring substituents is 1. The van der Waals surface area contributed by atoms with Gasteiger partial charge in [-0.25, -0.2) is 0 Å². The molecule has 1 amide bonds. The van der Waals surface area contributed by atoms with Crippen LogP contribution in [0.3, 0.4) is 0 Å². The Hall–Kier alpha value is -3.73. The van der Waals surface area contributed by atoms with Crippen molar-refractivity contribution in [3.63, 3.8) is 0 Å². The lowest BCUT2D eigenvalue weighted by Gasteiger charge is -2.18. The number of nitro groups is 1. The minimum atomic E-state index is -0.623. The second-order valence-corrected chi connectivity index (χ2v) is 7.79. The van der Waals surface area contributed by atoms with Gasteiger partial charge in [0.05, 0.1) is 28.2 Å². The molecule has 0 bridgehead atoms. The summed E-state index contributed by atoms with van der Waals surface area (Å²) in [5, 5.41) is 11.0. The van der Waals surface area contributed by atoms with Gasteiger partial charge in [0, 0.05) is 36.4 Å². The summed E-state index contributed by atoms with van der Waals surface area (Å²) in [6.07, 6.45) is 0.0896. The smallest absolute Gasteiger partial charge is 0.307 e. The lowest BCUT2D eigenvalue weighted by Crippen LogP contribution is -2.20. The molecule has 0 spiro atoms. The quantitative estimate of drug-likeness (QED) is 0.317. The first kappa shape index (κ1) is 21.5. The molecule has 0 saturated carbocycles. The molecule has 11 heteroatoms. The molecular formula is C21H19N3O7S. The summed E-state index contributed by atoms with van der Waals surface area (Å²) in [6.45, 7) is 3.10. The van der Waals surface area contributed by atoms with Gasteiger partial charge in [-0.1, -0.05) is 17.4 Å². The fourth-order valence-electron chi connectivity index (χ4n) is 3.25. The van der Waals surface area contributed by atoms with Crippen molar-refractivity contribution in [1.29, 1.82) is 0 Å². The summed E-state index contributed by atoms with van der Waals surface area (Å²) in [7, 11) is 0. The molecule has 2 heterocycles. The molecule has 10 nitrogen and oxygen atoms in total. The monoisotopic (exact) mass is 457 g/mol. The van der Waals surface area contributed by atoms with Crippen LogP contribution in [0.2, 0.25) is 0 Å². The number of rotatable bonds is 6. The molecule has 0 aliphatic carbocycles. The lowest BCUT2D eigenvalue weighted by atomic mass is 10.2. The molecule has 1 aliphatic rings. The van der Waals surface area contributed by atoms with Crippen molar-refractivity contribution in [1.82, 2.24) is 4.57 Å². The van der Waals surface area contributed by atoms with E-state index in [-0.39, 0.29) is 36.8 Å². The maximum atomic E-state index is 12.8. The molecule has 3 aromatic rings. The Bertz CT molecular complexity index is 1280. The third-order valence-electron chi connectivity index (χ3n) is 4.69. The highest BCUT2D eigenvalue weighted by Gasteiger charge is 2.18. The van der Waals surface area contributed by atoms with Gasteiger partial charge in [-0.3, -0.25) is 19.7 Å². The molecule has 0 saturated heterocycles. The van der Waals surface area contributed by atoms with Crippen LogP contribution >= 0.6 is 11.3 Å². The standard InChI is InChI=1S/C21H19N3O7S/c1-2-29-19(25)6-7-23-15-11-16-17(31-9-8-30-16)12-18(15)32-21(23)22-20(26)13-4-3-5-14(10-13)24(27)28/h3-5,10-12H,2,6-9H2,1H3. The molecule has 0 unspecified atom stereocenters. The number of aryl methyl sites for hydroxylation is 1. The maximum absolute atomic E-state index is 12.8. The molecule has 166 valence electrons. The highest BCUT2D eigenvalue weighted by atomic mass is 32.1. The molecule has 0 N–H and O–H groups in total. The average Bonchev–Trinajstić information content (AvgIpc) is 3.11. The van der Waals surface area contributed by atoms with Crippen molar-refractivity contribution in [3.05, 3.63) is 56.9 Å². The van der Waals surface area contributed by atoms with Crippen molar-refractivity contribution in [2.24, 2.45) is 4.99 Å². The summed E-state index contributed by atoms with van der Waals surface area (Å²) in [4.78, 5) is 39.7. The fourth-order valence-corrected chi connectivity index (χ4v) is 4.31. The number of carbonyl (C=O) groups excluding carboxylic acids is 2. The van der Waals surface area contributed by atoms with E-state index in [0.717, 1.165) is 10.2 Å². The number of esters is 1. The first-order valence-corrected chi connectivity index (χ1v) is 10.7. The van der Waals surface area contributed by atoms with Crippen molar-refractivity contribution < 1.29 is 28.7 Å². The number of hydrogen-bond acceptors (Lipinski definition) is 8. The van der Waals surface area contributed by atoms with Crippen LogP contribution in [-0.4, -0.2) is 41.2 Å². The molecule has 0 atom stereocenters. The number of thiazole rings is 1. The summed E-state index contributed by atoms with van der Waals surface area (Å²) in [6, 6.07) is 9.00. The van der Waals surface area contributed by atoms with E-state index in [4.69, 9.17) is 14.2 Å². The van der Waals surface area contributed by atoms with Gasteiger partial charge in [0.15, 0.2) is 16.3 Å². The van der Waals surface area contributed by atoms with Crippen molar-refractivity contribution in [2.75, 3.05) is 19.8 Å².